The van der Waals surface area contributed by atoms with Gasteiger partial charge in [0.25, 0.3) is 0 Å². The Morgan fingerprint density at radius 3 is 2.50 bits per heavy atom. The average molecular weight is 381 g/mol. The highest BCUT2D eigenvalue weighted by Crippen LogP contribution is 2.30. The summed E-state index contributed by atoms with van der Waals surface area (Å²) in [6, 6.07) is 15.0. The maximum absolute atomic E-state index is 13.3. The summed E-state index contributed by atoms with van der Waals surface area (Å²) < 4.78 is 5.38. The summed E-state index contributed by atoms with van der Waals surface area (Å²) in [5.74, 6) is 0.496. The van der Waals surface area contributed by atoms with E-state index in [0.29, 0.717) is 18.8 Å². The minimum atomic E-state index is -0.412. The van der Waals surface area contributed by atoms with Gasteiger partial charge in [-0.25, -0.2) is 0 Å². The molecule has 1 aliphatic rings. The number of rotatable bonds is 5. The molecule has 0 aromatic heterocycles. The SMILES string of the molecule is COc1ccccc1N1CCN(C(=O)C(c2cccc(C)c2)N(C)C)CC1=O. The Morgan fingerprint density at radius 2 is 1.86 bits per heavy atom. The maximum Gasteiger partial charge on any atom is 0.246 e. The molecule has 28 heavy (non-hydrogen) atoms. The summed E-state index contributed by atoms with van der Waals surface area (Å²) in [4.78, 5) is 31.3. The summed E-state index contributed by atoms with van der Waals surface area (Å²) in [5.41, 5.74) is 2.79. The van der Waals surface area contributed by atoms with Crippen molar-refractivity contribution < 1.29 is 14.3 Å². The molecule has 2 aromatic carbocycles. The highest BCUT2D eigenvalue weighted by atomic mass is 16.5. The Bertz CT molecular complexity index is 866. The third kappa shape index (κ3) is 4.02. The first-order valence-electron chi connectivity index (χ1n) is 9.37. The average Bonchev–Trinajstić information content (AvgIpc) is 2.67. The van der Waals surface area contributed by atoms with Crippen molar-refractivity contribution in [2.24, 2.45) is 0 Å². The molecule has 0 bridgehead atoms. The van der Waals surface area contributed by atoms with Gasteiger partial charge in [-0.2, -0.15) is 0 Å². The molecule has 6 nitrogen and oxygen atoms in total. The van der Waals surface area contributed by atoms with Crippen LogP contribution in [0.5, 0.6) is 5.75 Å². The van der Waals surface area contributed by atoms with Crippen LogP contribution in [0.1, 0.15) is 17.2 Å². The monoisotopic (exact) mass is 381 g/mol. The maximum atomic E-state index is 13.3. The molecule has 0 aliphatic carbocycles. The van der Waals surface area contributed by atoms with Crippen LogP contribution in [0.4, 0.5) is 5.69 Å². The van der Waals surface area contributed by atoms with E-state index in [9.17, 15) is 9.59 Å². The van der Waals surface area contributed by atoms with Crippen molar-refractivity contribution in [2.75, 3.05) is 45.7 Å². The van der Waals surface area contributed by atoms with E-state index >= 15 is 0 Å². The van der Waals surface area contributed by atoms with E-state index in [0.717, 1.165) is 16.8 Å². The lowest BCUT2D eigenvalue weighted by Gasteiger charge is -2.37. The first-order valence-corrected chi connectivity index (χ1v) is 9.37. The van der Waals surface area contributed by atoms with Gasteiger partial charge in [0.05, 0.1) is 12.8 Å². The second-order valence-corrected chi connectivity index (χ2v) is 7.26. The van der Waals surface area contributed by atoms with Crippen molar-refractivity contribution in [3.05, 3.63) is 59.7 Å². The highest BCUT2D eigenvalue weighted by molar-refractivity contribution is 5.99. The molecule has 2 amide bonds. The smallest absolute Gasteiger partial charge is 0.246 e. The number of piperazine rings is 1. The highest BCUT2D eigenvalue weighted by Gasteiger charge is 2.34. The van der Waals surface area contributed by atoms with Gasteiger partial charge >= 0.3 is 0 Å². The lowest BCUT2D eigenvalue weighted by molar-refractivity contribution is -0.141. The predicted octanol–water partition coefficient (Wildman–Crippen LogP) is 2.48. The van der Waals surface area contributed by atoms with E-state index < -0.39 is 6.04 Å². The molecule has 1 heterocycles. The van der Waals surface area contributed by atoms with Crippen LogP contribution in [-0.4, -0.2) is 62.5 Å². The van der Waals surface area contributed by atoms with Crippen LogP contribution in [0.3, 0.4) is 0 Å². The van der Waals surface area contributed by atoms with Crippen LogP contribution in [-0.2, 0) is 9.59 Å². The number of likely N-dealkylation sites (N-methyl/N-ethyl adjacent to an activating group) is 1. The quantitative estimate of drug-likeness (QED) is 0.799. The molecule has 2 aromatic rings. The Kier molecular flexibility index (Phi) is 5.99. The van der Waals surface area contributed by atoms with Crippen LogP contribution < -0.4 is 9.64 Å². The third-order valence-electron chi connectivity index (χ3n) is 5.02. The van der Waals surface area contributed by atoms with Crippen LogP contribution in [0.25, 0.3) is 0 Å². The van der Waals surface area contributed by atoms with Gasteiger partial charge in [-0.3, -0.25) is 14.5 Å². The van der Waals surface area contributed by atoms with Crippen molar-refractivity contribution in [3.63, 3.8) is 0 Å². The van der Waals surface area contributed by atoms with E-state index in [2.05, 4.69) is 0 Å². The molecule has 1 unspecified atom stereocenters. The Labute approximate surface area is 166 Å². The second kappa shape index (κ2) is 8.44. The van der Waals surface area contributed by atoms with Crippen molar-refractivity contribution in [3.8, 4) is 5.75 Å². The molecule has 0 saturated carbocycles. The summed E-state index contributed by atoms with van der Waals surface area (Å²) in [7, 11) is 5.36. The Morgan fingerprint density at radius 1 is 1.11 bits per heavy atom. The van der Waals surface area contributed by atoms with Crippen molar-refractivity contribution in [1.82, 2.24) is 9.80 Å². The molecule has 1 aliphatic heterocycles. The molecule has 1 atom stereocenters. The van der Waals surface area contributed by atoms with Gasteiger partial charge in [-0.15, -0.1) is 0 Å². The number of para-hydroxylation sites is 2. The van der Waals surface area contributed by atoms with Gasteiger partial charge in [0.1, 0.15) is 18.3 Å². The number of methoxy groups -OCH3 is 1. The van der Waals surface area contributed by atoms with Gasteiger partial charge in [0, 0.05) is 13.1 Å². The van der Waals surface area contributed by atoms with Crippen LogP contribution in [0.2, 0.25) is 0 Å². The molecule has 0 N–H and O–H groups in total. The van der Waals surface area contributed by atoms with Gasteiger partial charge in [-0.05, 0) is 38.7 Å². The number of amides is 2. The van der Waals surface area contributed by atoms with Crippen molar-refractivity contribution in [2.45, 2.75) is 13.0 Å². The van der Waals surface area contributed by atoms with Crippen molar-refractivity contribution in [1.29, 1.82) is 0 Å². The van der Waals surface area contributed by atoms with E-state index in [-0.39, 0.29) is 18.4 Å². The van der Waals surface area contributed by atoms with Crippen LogP contribution >= 0.6 is 0 Å². The molecule has 0 spiro atoms. The topological polar surface area (TPSA) is 53.1 Å². The summed E-state index contributed by atoms with van der Waals surface area (Å²) in [5, 5.41) is 0. The largest absolute Gasteiger partial charge is 0.495 e. The first-order chi connectivity index (χ1) is 13.4. The Hall–Kier alpha value is -2.86. The van der Waals surface area contributed by atoms with E-state index in [1.165, 1.54) is 0 Å². The molecular formula is C22H27N3O3. The number of benzene rings is 2. The number of hydrogen-bond donors (Lipinski definition) is 0. The summed E-state index contributed by atoms with van der Waals surface area (Å²) >= 11 is 0. The minimum absolute atomic E-state index is 0.0522. The number of anilines is 1. The number of aryl methyl sites for hydroxylation is 1. The lowest BCUT2D eigenvalue weighted by atomic mass is 10.0. The fourth-order valence-corrected chi connectivity index (χ4v) is 3.64. The first kappa shape index (κ1) is 19.9. The molecule has 148 valence electrons. The number of hydrogen-bond acceptors (Lipinski definition) is 4. The van der Waals surface area contributed by atoms with Gasteiger partial charge in [0.2, 0.25) is 11.8 Å². The van der Waals surface area contributed by atoms with Gasteiger partial charge < -0.3 is 14.5 Å². The predicted molar refractivity (Wildman–Crippen MR) is 110 cm³/mol. The zero-order valence-corrected chi connectivity index (χ0v) is 16.9. The van der Waals surface area contributed by atoms with Gasteiger partial charge in [-0.1, -0.05) is 42.0 Å². The van der Waals surface area contributed by atoms with Gasteiger partial charge in [0.15, 0.2) is 0 Å². The Balaban J connectivity index is 1.78. The number of nitrogens with zero attached hydrogens (tertiary/aromatic N) is 3. The minimum Gasteiger partial charge on any atom is -0.495 e. The lowest BCUT2D eigenvalue weighted by Crippen LogP contribution is -2.54. The molecule has 3 rings (SSSR count). The van der Waals surface area contributed by atoms with E-state index in [1.54, 1.807) is 16.9 Å². The van der Waals surface area contributed by atoms with E-state index in [4.69, 9.17) is 4.74 Å². The molecule has 1 fully saturated rings. The molecular weight excluding hydrogens is 354 g/mol. The van der Waals surface area contributed by atoms with Crippen molar-refractivity contribution >= 4 is 17.5 Å². The standard InChI is InChI=1S/C22H27N3O3/c1-16-8-7-9-17(14-16)21(23(2)3)22(27)24-12-13-25(20(26)15-24)18-10-5-6-11-19(18)28-4/h5-11,14,21H,12-13,15H2,1-4H3. The summed E-state index contributed by atoms with van der Waals surface area (Å²) in [6.45, 7) is 3.00. The number of ether oxygens (including phenoxy) is 1. The van der Waals surface area contributed by atoms with E-state index in [1.807, 2.05) is 74.4 Å². The van der Waals surface area contributed by atoms with Crippen LogP contribution in [0, 0.1) is 6.92 Å². The number of carbonyl (C=O) groups excluding carboxylic acids is 2. The second-order valence-electron chi connectivity index (χ2n) is 7.26. The molecule has 6 heteroatoms. The molecule has 1 saturated heterocycles. The zero-order chi connectivity index (χ0) is 20.3. The fraction of sp³-hybridized carbons (Fsp3) is 0.364. The zero-order valence-electron chi connectivity index (χ0n) is 16.9. The normalized spacial score (nSPS) is 15.7. The molecule has 0 radical (unpaired) electrons. The summed E-state index contributed by atoms with van der Waals surface area (Å²) in [6.07, 6.45) is 0. The number of carbonyl (C=O) groups is 2. The third-order valence-corrected chi connectivity index (χ3v) is 5.02. The van der Waals surface area contributed by atoms with Crippen LogP contribution in [0.15, 0.2) is 48.5 Å². The fourth-order valence-electron chi connectivity index (χ4n) is 3.64.